The Morgan fingerprint density at radius 1 is 0.980 bits per heavy atom. The minimum atomic E-state index is -4.59. The van der Waals surface area contributed by atoms with Crippen LogP contribution in [0.1, 0.15) is 87.5 Å². The van der Waals surface area contributed by atoms with Crippen LogP contribution < -0.4 is 22.1 Å². The van der Waals surface area contributed by atoms with Crippen LogP contribution in [0.5, 0.6) is 0 Å². The highest BCUT2D eigenvalue weighted by molar-refractivity contribution is 5.67. The summed E-state index contributed by atoms with van der Waals surface area (Å²) in [5, 5.41) is 6.55. The summed E-state index contributed by atoms with van der Waals surface area (Å²) in [5.74, 6) is 0.148. The number of nitrogens with one attached hydrogen (secondary N) is 2. The van der Waals surface area contributed by atoms with Crippen LogP contribution in [0.15, 0.2) is 102 Å². The summed E-state index contributed by atoms with van der Waals surface area (Å²) < 4.78 is 58.9. The molecule has 1 heterocycles. The van der Waals surface area contributed by atoms with E-state index in [1.54, 1.807) is 31.5 Å². The second-order valence-electron chi connectivity index (χ2n) is 13.0. The van der Waals surface area contributed by atoms with Gasteiger partial charge in [-0.3, -0.25) is 4.98 Å². The van der Waals surface area contributed by atoms with Gasteiger partial charge in [-0.25, -0.2) is 4.39 Å². The normalized spacial score (nSPS) is 16.8. The average molecular weight is 674 g/mol. The fourth-order valence-electron chi connectivity index (χ4n) is 6.48. The molecule has 2 saturated carbocycles. The molecule has 0 amide bonds. The molecule has 260 valence electrons. The quantitative estimate of drug-likeness (QED) is 0.0953. The van der Waals surface area contributed by atoms with Gasteiger partial charge in [0.2, 0.25) is 0 Å². The molecule has 0 spiro atoms. The maximum Gasteiger partial charge on any atom is 0.416 e. The molecule has 2 aliphatic carbocycles. The second-order valence-corrected chi connectivity index (χ2v) is 13.0. The maximum atomic E-state index is 15.8. The summed E-state index contributed by atoms with van der Waals surface area (Å²) in [6.45, 7) is 4.13. The smallest absolute Gasteiger partial charge is 0.354 e. The van der Waals surface area contributed by atoms with Crippen molar-refractivity contribution in [2.24, 2.45) is 17.4 Å². The first kappa shape index (κ1) is 36.1. The number of nitrogens with two attached hydrogens (primary N) is 2. The molecular formula is C40H47F4N5. The monoisotopic (exact) mass is 673 g/mol. The Balaban J connectivity index is 1.61. The summed E-state index contributed by atoms with van der Waals surface area (Å²) >= 11 is 0. The van der Waals surface area contributed by atoms with Gasteiger partial charge in [-0.05, 0) is 122 Å². The summed E-state index contributed by atoms with van der Waals surface area (Å²) in [5.41, 5.74) is 17.2. The number of hydrogen-bond acceptors (Lipinski definition) is 5. The van der Waals surface area contributed by atoms with E-state index in [2.05, 4.69) is 15.6 Å². The molecule has 0 radical (unpaired) electrons. The van der Waals surface area contributed by atoms with Crippen molar-refractivity contribution in [2.75, 3.05) is 17.2 Å². The van der Waals surface area contributed by atoms with Gasteiger partial charge in [-0.15, -0.1) is 0 Å². The van der Waals surface area contributed by atoms with Crippen LogP contribution >= 0.6 is 0 Å². The highest BCUT2D eigenvalue weighted by atomic mass is 19.4. The molecule has 1 aromatic heterocycles. The first-order valence-electron chi connectivity index (χ1n) is 17.2. The molecule has 1 unspecified atom stereocenters. The highest BCUT2D eigenvalue weighted by Crippen LogP contribution is 2.43. The summed E-state index contributed by atoms with van der Waals surface area (Å²) in [4.78, 5) is 4.21. The predicted octanol–water partition coefficient (Wildman–Crippen LogP) is 9.89. The standard InChI is InChI=1S/C40H47F4N5/c1-3-6-28-12-14-34(22-30(28)25-45)48-37(24-33(7-4-2)40(42,43)44)38(29-8-5-9-29)49-36-23-32(13-15-35(36)41)39(26-46,19-16-27-10-11-27)31-17-20-47-21-18-31/h3,6-7,12-15,17-18,20-24,27,48-49H,4-5,8-11,16,19,25-26,45-46H2,1-2H3/b6-3-,33-7-,37-24-. The molecular weight excluding hydrogens is 626 g/mol. The Labute approximate surface area is 287 Å². The maximum absolute atomic E-state index is 15.8. The predicted molar refractivity (Wildman–Crippen MR) is 192 cm³/mol. The molecule has 49 heavy (non-hydrogen) atoms. The first-order chi connectivity index (χ1) is 23.6. The number of pyridine rings is 1. The van der Waals surface area contributed by atoms with Crippen molar-refractivity contribution in [1.29, 1.82) is 0 Å². The van der Waals surface area contributed by atoms with Crippen LogP contribution in [-0.2, 0) is 12.0 Å². The van der Waals surface area contributed by atoms with Gasteiger partial charge < -0.3 is 22.1 Å². The van der Waals surface area contributed by atoms with Crippen LogP contribution in [0.4, 0.5) is 28.9 Å². The molecule has 1 atom stereocenters. The van der Waals surface area contributed by atoms with E-state index in [-0.39, 0.29) is 24.4 Å². The molecule has 2 aromatic carbocycles. The number of benzene rings is 2. The molecule has 5 rings (SSSR count). The van der Waals surface area contributed by atoms with Crippen molar-refractivity contribution in [1.82, 2.24) is 4.98 Å². The number of nitrogens with zero attached hydrogens (tertiary/aromatic N) is 1. The molecule has 9 heteroatoms. The van der Waals surface area contributed by atoms with Crippen molar-refractivity contribution in [3.8, 4) is 0 Å². The fourth-order valence-corrected chi connectivity index (χ4v) is 6.48. The molecule has 6 N–H and O–H groups in total. The SMILES string of the molecule is C/C=C\c1ccc(N/C(=C\C(=C\CC)C(F)(F)F)C(Nc2cc(C(CN)(CCC3CC3)c3ccncc3)ccc2F)=C2CCC2)cc1CN. The Morgan fingerprint density at radius 3 is 2.33 bits per heavy atom. The van der Waals surface area contributed by atoms with Gasteiger partial charge in [-0.2, -0.15) is 13.2 Å². The minimum absolute atomic E-state index is 0.178. The first-order valence-corrected chi connectivity index (χ1v) is 17.2. The van der Waals surface area contributed by atoms with E-state index in [4.69, 9.17) is 11.5 Å². The third-order valence-corrected chi connectivity index (χ3v) is 9.66. The van der Waals surface area contributed by atoms with E-state index in [9.17, 15) is 13.2 Å². The Kier molecular flexibility index (Phi) is 11.8. The second kappa shape index (κ2) is 16.0. The van der Waals surface area contributed by atoms with Crippen molar-refractivity contribution in [2.45, 2.75) is 83.4 Å². The Bertz CT molecular complexity index is 1710. The summed E-state index contributed by atoms with van der Waals surface area (Å²) in [7, 11) is 0. The minimum Gasteiger partial charge on any atom is -0.354 e. The number of allylic oxidation sites excluding steroid dienone is 5. The molecule has 0 saturated heterocycles. The van der Waals surface area contributed by atoms with Gasteiger partial charge in [-0.1, -0.05) is 50.1 Å². The van der Waals surface area contributed by atoms with Gasteiger partial charge >= 0.3 is 6.18 Å². The van der Waals surface area contributed by atoms with E-state index in [1.165, 1.54) is 18.9 Å². The lowest BCUT2D eigenvalue weighted by Gasteiger charge is -2.35. The number of anilines is 2. The fraction of sp³-hybridized carbons (Fsp3) is 0.375. The van der Waals surface area contributed by atoms with E-state index >= 15 is 4.39 Å². The van der Waals surface area contributed by atoms with Crippen molar-refractivity contribution < 1.29 is 17.6 Å². The zero-order valence-corrected chi connectivity index (χ0v) is 28.3. The van der Waals surface area contributed by atoms with E-state index in [0.717, 1.165) is 59.2 Å². The highest BCUT2D eigenvalue weighted by Gasteiger charge is 2.36. The van der Waals surface area contributed by atoms with E-state index < -0.39 is 23.0 Å². The number of rotatable bonds is 15. The van der Waals surface area contributed by atoms with Crippen LogP contribution in [0.3, 0.4) is 0 Å². The molecule has 0 aliphatic heterocycles. The zero-order chi connectivity index (χ0) is 35.0. The van der Waals surface area contributed by atoms with Crippen LogP contribution in [0.2, 0.25) is 0 Å². The van der Waals surface area contributed by atoms with Crippen LogP contribution in [-0.4, -0.2) is 17.7 Å². The summed E-state index contributed by atoms with van der Waals surface area (Å²) in [6, 6.07) is 14.4. The average Bonchev–Trinajstić information content (AvgIpc) is 3.90. The zero-order valence-electron chi connectivity index (χ0n) is 28.3. The number of halogens is 4. The molecule has 5 nitrogen and oxygen atoms in total. The largest absolute Gasteiger partial charge is 0.416 e. The van der Waals surface area contributed by atoms with Crippen molar-refractivity contribution in [3.63, 3.8) is 0 Å². The van der Waals surface area contributed by atoms with Crippen LogP contribution in [0, 0.1) is 11.7 Å². The Hall–Kier alpha value is -4.21. The van der Waals surface area contributed by atoms with Crippen molar-refractivity contribution >= 4 is 17.5 Å². The third kappa shape index (κ3) is 8.69. The summed E-state index contributed by atoms with van der Waals surface area (Å²) in [6.07, 6.45) is 11.6. The topological polar surface area (TPSA) is 89.0 Å². The number of aromatic nitrogens is 1. The lowest BCUT2D eigenvalue weighted by atomic mass is 9.71. The molecule has 0 bridgehead atoms. The van der Waals surface area contributed by atoms with Gasteiger partial charge in [0.15, 0.2) is 0 Å². The van der Waals surface area contributed by atoms with Crippen LogP contribution in [0.25, 0.3) is 6.08 Å². The molecule has 3 aromatic rings. The van der Waals surface area contributed by atoms with Gasteiger partial charge in [0.1, 0.15) is 5.82 Å². The Morgan fingerprint density at radius 2 is 1.73 bits per heavy atom. The van der Waals surface area contributed by atoms with E-state index in [1.807, 2.05) is 49.4 Å². The third-order valence-electron chi connectivity index (χ3n) is 9.66. The van der Waals surface area contributed by atoms with Gasteiger partial charge in [0, 0.05) is 36.6 Å². The lowest BCUT2D eigenvalue weighted by molar-refractivity contribution is -0.0884. The molecule has 2 aliphatic rings. The van der Waals surface area contributed by atoms with E-state index in [0.29, 0.717) is 36.7 Å². The number of hydrogen-bond donors (Lipinski definition) is 4. The van der Waals surface area contributed by atoms with Gasteiger partial charge in [0.05, 0.1) is 22.7 Å². The van der Waals surface area contributed by atoms with Gasteiger partial charge in [0.25, 0.3) is 0 Å². The van der Waals surface area contributed by atoms with Crippen molar-refractivity contribution in [3.05, 3.63) is 130 Å². The lowest BCUT2D eigenvalue weighted by Crippen LogP contribution is -2.37. The number of alkyl halides is 3. The molecule has 2 fully saturated rings.